The minimum Gasteiger partial charge on any atom is -0.394 e. The Morgan fingerprint density at radius 3 is 2.69 bits per heavy atom. The standard InChI is InChI=1S/C13H17NO2/c15-9-12-7-4-8-13(10-16)14(12)11-5-2-1-3-6-11/h1-3,5-6,9,12-13,16H,4,7-8,10H2. The largest absolute Gasteiger partial charge is 0.394 e. The summed E-state index contributed by atoms with van der Waals surface area (Å²) in [7, 11) is 0. The lowest BCUT2D eigenvalue weighted by Gasteiger charge is -2.40. The van der Waals surface area contributed by atoms with E-state index in [1.807, 2.05) is 30.3 Å². The summed E-state index contributed by atoms with van der Waals surface area (Å²) >= 11 is 0. The maximum atomic E-state index is 11.1. The minimum atomic E-state index is -0.0895. The van der Waals surface area contributed by atoms with Crippen LogP contribution in [0.2, 0.25) is 0 Å². The van der Waals surface area contributed by atoms with Crippen LogP contribution in [0.5, 0.6) is 0 Å². The lowest BCUT2D eigenvalue weighted by molar-refractivity contribution is -0.109. The van der Waals surface area contributed by atoms with Gasteiger partial charge in [-0.2, -0.15) is 0 Å². The van der Waals surface area contributed by atoms with Crippen LogP contribution in [0, 0.1) is 0 Å². The van der Waals surface area contributed by atoms with Crippen LogP contribution in [0.3, 0.4) is 0 Å². The average molecular weight is 219 g/mol. The van der Waals surface area contributed by atoms with E-state index in [0.29, 0.717) is 0 Å². The van der Waals surface area contributed by atoms with E-state index in [0.717, 1.165) is 31.2 Å². The summed E-state index contributed by atoms with van der Waals surface area (Å²) in [6.07, 6.45) is 3.84. The number of carbonyl (C=O) groups is 1. The molecule has 2 unspecified atom stereocenters. The number of aldehydes is 1. The Balaban J connectivity index is 2.28. The summed E-state index contributed by atoms with van der Waals surface area (Å²) in [5, 5.41) is 9.38. The Bertz CT molecular complexity index is 339. The molecule has 3 nitrogen and oxygen atoms in total. The molecule has 1 aromatic carbocycles. The highest BCUT2D eigenvalue weighted by atomic mass is 16.3. The van der Waals surface area contributed by atoms with Crippen molar-refractivity contribution in [2.24, 2.45) is 0 Å². The Hall–Kier alpha value is -1.35. The van der Waals surface area contributed by atoms with Gasteiger partial charge in [-0.05, 0) is 31.4 Å². The van der Waals surface area contributed by atoms with Gasteiger partial charge < -0.3 is 14.8 Å². The van der Waals surface area contributed by atoms with Gasteiger partial charge in [0.2, 0.25) is 0 Å². The van der Waals surface area contributed by atoms with Gasteiger partial charge in [-0.1, -0.05) is 18.2 Å². The second kappa shape index (κ2) is 5.12. The SMILES string of the molecule is O=CC1CCCC(CO)N1c1ccccc1. The van der Waals surface area contributed by atoms with Gasteiger partial charge in [-0.3, -0.25) is 0 Å². The van der Waals surface area contributed by atoms with Gasteiger partial charge in [-0.25, -0.2) is 0 Å². The molecule has 0 bridgehead atoms. The highest BCUT2D eigenvalue weighted by Gasteiger charge is 2.29. The fourth-order valence-electron chi connectivity index (χ4n) is 2.43. The van der Waals surface area contributed by atoms with Gasteiger partial charge in [0.1, 0.15) is 6.29 Å². The topological polar surface area (TPSA) is 40.5 Å². The lowest BCUT2D eigenvalue weighted by Crippen LogP contribution is -2.49. The molecule has 1 saturated heterocycles. The van der Waals surface area contributed by atoms with Crippen molar-refractivity contribution in [3.63, 3.8) is 0 Å². The Morgan fingerprint density at radius 2 is 2.06 bits per heavy atom. The first kappa shape index (κ1) is 11.1. The van der Waals surface area contributed by atoms with E-state index in [9.17, 15) is 9.90 Å². The zero-order chi connectivity index (χ0) is 11.4. The third-order valence-corrected chi connectivity index (χ3v) is 3.21. The first-order valence-electron chi connectivity index (χ1n) is 5.76. The first-order chi connectivity index (χ1) is 7.86. The fourth-order valence-corrected chi connectivity index (χ4v) is 2.43. The van der Waals surface area contributed by atoms with Crippen molar-refractivity contribution >= 4 is 12.0 Å². The van der Waals surface area contributed by atoms with E-state index >= 15 is 0 Å². The number of benzene rings is 1. The highest BCUT2D eigenvalue weighted by molar-refractivity contribution is 5.67. The van der Waals surface area contributed by atoms with Crippen molar-refractivity contribution in [1.29, 1.82) is 0 Å². The van der Waals surface area contributed by atoms with Gasteiger partial charge in [0.25, 0.3) is 0 Å². The molecule has 2 rings (SSSR count). The van der Waals surface area contributed by atoms with Crippen molar-refractivity contribution in [3.8, 4) is 0 Å². The molecule has 86 valence electrons. The van der Waals surface area contributed by atoms with Crippen molar-refractivity contribution in [1.82, 2.24) is 0 Å². The molecule has 0 saturated carbocycles. The molecule has 1 aliphatic heterocycles. The van der Waals surface area contributed by atoms with Gasteiger partial charge in [0, 0.05) is 5.69 Å². The predicted molar refractivity (Wildman–Crippen MR) is 63.5 cm³/mol. The summed E-state index contributed by atoms with van der Waals surface area (Å²) < 4.78 is 0. The van der Waals surface area contributed by atoms with Gasteiger partial charge >= 0.3 is 0 Å². The molecule has 2 atom stereocenters. The van der Waals surface area contributed by atoms with E-state index < -0.39 is 0 Å². The monoisotopic (exact) mass is 219 g/mol. The molecule has 1 heterocycles. The molecule has 1 aromatic rings. The molecule has 0 aromatic heterocycles. The summed E-state index contributed by atoms with van der Waals surface area (Å²) in [6.45, 7) is 0.110. The average Bonchev–Trinajstić information content (AvgIpc) is 2.38. The van der Waals surface area contributed by atoms with E-state index in [1.54, 1.807) is 0 Å². The predicted octanol–water partition coefficient (Wildman–Crippen LogP) is 1.61. The van der Waals surface area contributed by atoms with Crippen LogP contribution in [-0.2, 0) is 4.79 Å². The number of nitrogens with zero attached hydrogens (tertiary/aromatic N) is 1. The quantitative estimate of drug-likeness (QED) is 0.785. The molecular formula is C13H17NO2. The second-order valence-electron chi connectivity index (χ2n) is 4.21. The minimum absolute atomic E-state index is 0.0753. The third-order valence-electron chi connectivity index (χ3n) is 3.21. The summed E-state index contributed by atoms with van der Waals surface area (Å²) in [6, 6.07) is 9.84. The molecule has 16 heavy (non-hydrogen) atoms. The van der Waals surface area contributed by atoms with E-state index in [1.165, 1.54) is 0 Å². The van der Waals surface area contributed by atoms with Crippen LogP contribution in [0.15, 0.2) is 30.3 Å². The zero-order valence-corrected chi connectivity index (χ0v) is 9.25. The molecule has 0 aliphatic carbocycles. The zero-order valence-electron chi connectivity index (χ0n) is 9.25. The molecule has 1 N–H and O–H groups in total. The van der Waals surface area contributed by atoms with Crippen molar-refractivity contribution < 1.29 is 9.90 Å². The Kier molecular flexibility index (Phi) is 3.57. The van der Waals surface area contributed by atoms with Crippen molar-refractivity contribution in [2.75, 3.05) is 11.5 Å². The van der Waals surface area contributed by atoms with Crippen LogP contribution >= 0.6 is 0 Å². The Morgan fingerprint density at radius 1 is 1.31 bits per heavy atom. The summed E-state index contributed by atoms with van der Waals surface area (Å²) in [4.78, 5) is 13.1. The number of hydrogen-bond acceptors (Lipinski definition) is 3. The normalized spacial score (nSPS) is 25.4. The maximum Gasteiger partial charge on any atom is 0.142 e. The fraction of sp³-hybridized carbons (Fsp3) is 0.462. The maximum absolute atomic E-state index is 11.1. The lowest BCUT2D eigenvalue weighted by atomic mass is 9.95. The van der Waals surface area contributed by atoms with Crippen LogP contribution in [0.25, 0.3) is 0 Å². The van der Waals surface area contributed by atoms with E-state index in [-0.39, 0.29) is 18.7 Å². The van der Waals surface area contributed by atoms with Gasteiger partial charge in [0.05, 0.1) is 18.7 Å². The highest BCUT2D eigenvalue weighted by Crippen LogP contribution is 2.28. The van der Waals surface area contributed by atoms with Crippen molar-refractivity contribution in [3.05, 3.63) is 30.3 Å². The van der Waals surface area contributed by atoms with Gasteiger partial charge in [0.15, 0.2) is 0 Å². The smallest absolute Gasteiger partial charge is 0.142 e. The molecule has 0 radical (unpaired) electrons. The molecule has 3 heteroatoms. The van der Waals surface area contributed by atoms with Crippen molar-refractivity contribution in [2.45, 2.75) is 31.3 Å². The molecule has 0 spiro atoms. The number of rotatable bonds is 3. The number of hydrogen-bond donors (Lipinski definition) is 1. The number of aliphatic hydroxyl groups is 1. The number of para-hydroxylation sites is 1. The number of piperidine rings is 1. The second-order valence-corrected chi connectivity index (χ2v) is 4.21. The van der Waals surface area contributed by atoms with E-state index in [2.05, 4.69) is 4.90 Å². The third kappa shape index (κ3) is 2.09. The van der Waals surface area contributed by atoms with Gasteiger partial charge in [-0.15, -0.1) is 0 Å². The Labute approximate surface area is 95.7 Å². The van der Waals surface area contributed by atoms with Crippen LogP contribution in [0.1, 0.15) is 19.3 Å². The van der Waals surface area contributed by atoms with E-state index in [4.69, 9.17) is 0 Å². The molecule has 1 fully saturated rings. The molecular weight excluding hydrogens is 202 g/mol. The number of aliphatic hydroxyl groups excluding tert-OH is 1. The summed E-state index contributed by atoms with van der Waals surface area (Å²) in [5.74, 6) is 0. The molecule has 0 amide bonds. The van der Waals surface area contributed by atoms with Crippen LogP contribution in [0.4, 0.5) is 5.69 Å². The van der Waals surface area contributed by atoms with Crippen LogP contribution in [-0.4, -0.2) is 30.1 Å². The summed E-state index contributed by atoms with van der Waals surface area (Å²) in [5.41, 5.74) is 1.03. The number of anilines is 1. The van der Waals surface area contributed by atoms with Crippen LogP contribution < -0.4 is 4.90 Å². The molecule has 1 aliphatic rings. The first-order valence-corrected chi connectivity index (χ1v) is 5.76. The number of carbonyl (C=O) groups excluding carboxylic acids is 1.